The lowest BCUT2D eigenvalue weighted by Gasteiger charge is -2.23. The van der Waals surface area contributed by atoms with Crippen LogP contribution in [0.4, 0.5) is 0 Å². The van der Waals surface area contributed by atoms with Gasteiger partial charge in [-0.1, -0.05) is 111 Å². The van der Waals surface area contributed by atoms with Gasteiger partial charge in [-0.25, -0.2) is 0 Å². The summed E-state index contributed by atoms with van der Waals surface area (Å²) in [5.74, 6) is -1.63. The molecule has 0 fully saturated rings. The lowest BCUT2D eigenvalue weighted by Crippen LogP contribution is -2.37. The Morgan fingerprint density at radius 2 is 0.491 bits per heavy atom. The van der Waals surface area contributed by atoms with Gasteiger partial charge in [-0.2, -0.15) is 0 Å². The van der Waals surface area contributed by atoms with E-state index in [1.807, 2.05) is 27.7 Å². The molecular formula is C41H84O12. The molecule has 4 unspecified atom stereocenters. The number of rotatable bonds is 16. The van der Waals surface area contributed by atoms with Gasteiger partial charge >= 0.3 is 23.9 Å². The van der Waals surface area contributed by atoms with Gasteiger partial charge in [0.1, 0.15) is 0 Å². The summed E-state index contributed by atoms with van der Waals surface area (Å²) in [5.41, 5.74) is -0.131. The molecule has 12 nitrogen and oxygen atoms in total. The summed E-state index contributed by atoms with van der Waals surface area (Å²) in [7, 11) is 0. The molecule has 0 aliphatic carbocycles. The van der Waals surface area contributed by atoms with Gasteiger partial charge in [-0.3, -0.25) is 19.2 Å². The summed E-state index contributed by atoms with van der Waals surface area (Å²) in [5, 5.41) is 67.9. The molecule has 4 atom stereocenters. The number of carboxylic acid groups (broad SMARTS) is 4. The van der Waals surface area contributed by atoms with E-state index < -0.39 is 55.7 Å². The average molecular weight is 769 g/mol. The fourth-order valence-corrected chi connectivity index (χ4v) is 5.96. The first kappa shape index (κ1) is 60.0. The molecule has 0 bridgehead atoms. The Bertz CT molecular complexity index is 808. The molecule has 0 aliphatic heterocycles. The maximum absolute atomic E-state index is 10.3. The van der Waals surface area contributed by atoms with Gasteiger partial charge in [0.05, 0.1) is 31.8 Å². The Kier molecular flexibility index (Phi) is 32.9. The zero-order chi connectivity index (χ0) is 43.6. The molecule has 0 aromatic heterocycles. The SMILES string of the molecule is CC(CC(=O)O)CC(C)(C)C.CC(CC(=O)O)CC(C)(C)C.CC(CC(=O)O)CC(C)(C)C.CC(CC(=O)O)CC(C)(C)C.OCC(CO)(CO)CO. The van der Waals surface area contributed by atoms with Gasteiger partial charge in [-0.05, 0) is 71.0 Å². The lowest BCUT2D eigenvalue weighted by atomic mass is 9.84. The van der Waals surface area contributed by atoms with Crippen LogP contribution in [0.1, 0.15) is 162 Å². The minimum Gasteiger partial charge on any atom is -0.481 e. The lowest BCUT2D eigenvalue weighted by molar-refractivity contribution is -0.139. The Balaban J connectivity index is -0.000000181. The zero-order valence-electron chi connectivity index (χ0n) is 36.5. The molecule has 0 aliphatic rings. The minimum atomic E-state index is -1.11. The van der Waals surface area contributed by atoms with Crippen LogP contribution in [-0.2, 0) is 19.2 Å². The van der Waals surface area contributed by atoms with Gasteiger partial charge in [0.25, 0.3) is 0 Å². The highest BCUT2D eigenvalue weighted by atomic mass is 16.4. The standard InChI is InChI=1S/4C9H18O2.C5H12O4/c4*1-7(5-8(10)11)6-9(2,3)4;6-1-5(2-7,3-8)4-9/h4*7H,5-6H2,1-4H3,(H,10,11);6-9H,1-4H2. The highest BCUT2D eigenvalue weighted by Crippen LogP contribution is 2.28. The quantitative estimate of drug-likeness (QED) is 0.0745. The normalized spacial score (nSPS) is 14.1. The molecule has 0 spiro atoms. The predicted octanol–water partition coefficient (Wildman–Crippen LogP) is 8.08. The van der Waals surface area contributed by atoms with Crippen LogP contribution in [0.25, 0.3) is 0 Å². The fraction of sp³-hybridized carbons (Fsp3) is 0.902. The molecule has 53 heavy (non-hydrogen) atoms. The van der Waals surface area contributed by atoms with Crippen LogP contribution in [0, 0.1) is 50.7 Å². The van der Waals surface area contributed by atoms with Crippen molar-refractivity contribution >= 4 is 23.9 Å². The first-order valence-electron chi connectivity index (χ1n) is 18.8. The number of aliphatic hydroxyl groups is 4. The maximum atomic E-state index is 10.3. The van der Waals surface area contributed by atoms with Gasteiger partial charge < -0.3 is 40.9 Å². The van der Waals surface area contributed by atoms with Crippen molar-refractivity contribution in [2.75, 3.05) is 26.4 Å². The van der Waals surface area contributed by atoms with E-state index in [2.05, 4.69) is 83.1 Å². The van der Waals surface area contributed by atoms with E-state index in [4.69, 9.17) is 40.9 Å². The summed E-state index contributed by atoms with van der Waals surface area (Å²) in [4.78, 5) is 41.2. The fourth-order valence-electron chi connectivity index (χ4n) is 5.96. The molecule has 8 N–H and O–H groups in total. The molecule has 0 heterocycles. The van der Waals surface area contributed by atoms with E-state index in [-0.39, 0.29) is 71.0 Å². The van der Waals surface area contributed by atoms with Crippen molar-refractivity contribution in [2.45, 2.75) is 162 Å². The summed E-state index contributed by atoms with van der Waals surface area (Å²) < 4.78 is 0. The second kappa shape index (κ2) is 29.1. The largest absolute Gasteiger partial charge is 0.481 e. The second-order valence-electron chi connectivity index (χ2n) is 20.0. The summed E-state index contributed by atoms with van der Waals surface area (Å²) >= 11 is 0. The van der Waals surface area contributed by atoms with Crippen molar-refractivity contribution in [3.8, 4) is 0 Å². The van der Waals surface area contributed by atoms with E-state index in [0.717, 1.165) is 25.7 Å². The van der Waals surface area contributed by atoms with Crippen molar-refractivity contribution < 1.29 is 60.0 Å². The monoisotopic (exact) mass is 769 g/mol. The van der Waals surface area contributed by atoms with E-state index in [1.54, 1.807) is 0 Å². The smallest absolute Gasteiger partial charge is 0.303 e. The number of carbonyl (C=O) groups is 4. The highest BCUT2D eigenvalue weighted by molar-refractivity contribution is 5.67. The minimum absolute atomic E-state index is 0.245. The topological polar surface area (TPSA) is 230 Å². The maximum Gasteiger partial charge on any atom is 0.303 e. The van der Waals surface area contributed by atoms with E-state index in [0.29, 0.717) is 0 Å². The third-order valence-electron chi connectivity index (χ3n) is 7.28. The summed E-state index contributed by atoms with van der Waals surface area (Å²) in [6.07, 6.45) is 5.04. The van der Waals surface area contributed by atoms with Gasteiger partial charge in [-0.15, -0.1) is 0 Å². The first-order valence-corrected chi connectivity index (χ1v) is 18.8. The number of aliphatic hydroxyl groups excluding tert-OH is 4. The molecule has 0 saturated carbocycles. The van der Waals surface area contributed by atoms with Gasteiger partial charge in [0.2, 0.25) is 0 Å². The number of aliphatic carboxylic acids is 4. The van der Waals surface area contributed by atoms with Crippen LogP contribution in [0.3, 0.4) is 0 Å². The van der Waals surface area contributed by atoms with Crippen LogP contribution in [0.15, 0.2) is 0 Å². The van der Waals surface area contributed by atoms with Gasteiger partial charge in [0.15, 0.2) is 0 Å². The number of hydrogen-bond acceptors (Lipinski definition) is 8. The Labute approximate surface area is 322 Å². The molecule has 320 valence electrons. The molecule has 0 rings (SSSR count). The van der Waals surface area contributed by atoms with Crippen molar-refractivity contribution in [3.63, 3.8) is 0 Å². The first-order chi connectivity index (χ1) is 23.5. The second-order valence-corrected chi connectivity index (χ2v) is 20.0. The molecule has 12 heteroatoms. The van der Waals surface area contributed by atoms with Crippen molar-refractivity contribution in [2.24, 2.45) is 50.7 Å². The molecule has 0 aromatic carbocycles. The third kappa shape index (κ3) is 54.2. The molecule has 0 amide bonds. The summed E-state index contributed by atoms with van der Waals surface area (Å²) in [6, 6.07) is 0. The third-order valence-corrected chi connectivity index (χ3v) is 7.28. The van der Waals surface area contributed by atoms with E-state index >= 15 is 0 Å². The van der Waals surface area contributed by atoms with Crippen molar-refractivity contribution in [3.05, 3.63) is 0 Å². The number of carboxylic acids is 4. The molecule has 0 aromatic rings. The van der Waals surface area contributed by atoms with Crippen molar-refractivity contribution in [1.82, 2.24) is 0 Å². The average Bonchev–Trinajstić information content (AvgIpc) is 2.85. The zero-order valence-corrected chi connectivity index (χ0v) is 36.5. The number of hydrogen-bond donors (Lipinski definition) is 8. The molecule has 0 saturated heterocycles. The Morgan fingerprint density at radius 3 is 0.547 bits per heavy atom. The summed E-state index contributed by atoms with van der Waals surface area (Å²) in [6.45, 7) is 31.9. The van der Waals surface area contributed by atoms with E-state index in [1.165, 1.54) is 0 Å². The Hall–Kier alpha value is -2.28. The van der Waals surface area contributed by atoms with Crippen LogP contribution in [0.5, 0.6) is 0 Å². The molecular weight excluding hydrogens is 684 g/mol. The van der Waals surface area contributed by atoms with Crippen LogP contribution in [-0.4, -0.2) is 91.2 Å². The van der Waals surface area contributed by atoms with Crippen molar-refractivity contribution in [1.29, 1.82) is 0 Å². The van der Waals surface area contributed by atoms with Crippen LogP contribution >= 0.6 is 0 Å². The van der Waals surface area contributed by atoms with E-state index in [9.17, 15) is 19.2 Å². The van der Waals surface area contributed by atoms with Gasteiger partial charge in [0, 0.05) is 25.7 Å². The Morgan fingerprint density at radius 1 is 0.358 bits per heavy atom. The van der Waals surface area contributed by atoms with Crippen LogP contribution < -0.4 is 0 Å². The highest BCUT2D eigenvalue weighted by Gasteiger charge is 2.26. The van der Waals surface area contributed by atoms with Crippen LogP contribution in [0.2, 0.25) is 0 Å². The predicted molar refractivity (Wildman–Crippen MR) is 213 cm³/mol. The molecule has 0 radical (unpaired) electrons.